The monoisotopic (exact) mass is 334 g/mol. The molecule has 0 bridgehead atoms. The Morgan fingerprint density at radius 2 is 2.12 bits per heavy atom. The Bertz CT molecular complexity index is 529. The van der Waals surface area contributed by atoms with Crippen LogP contribution in [0.1, 0.15) is 24.8 Å². The second-order valence-corrected chi connectivity index (χ2v) is 6.82. The third-order valence-corrected chi connectivity index (χ3v) is 5.05. The number of carbonyl (C=O) groups is 1. The number of pyridine rings is 1. The van der Waals surface area contributed by atoms with Crippen LogP contribution in [-0.2, 0) is 25.6 Å². The molecule has 0 unspecified atom stereocenters. The van der Waals surface area contributed by atoms with Crippen molar-refractivity contribution < 1.29 is 19.0 Å². The topological polar surface area (TPSA) is 60.9 Å². The fraction of sp³-hybridized carbons (Fsp3) is 0.667. The van der Waals surface area contributed by atoms with Crippen LogP contribution in [0.2, 0.25) is 0 Å². The van der Waals surface area contributed by atoms with Crippen LogP contribution in [0.15, 0.2) is 24.5 Å². The SMILES string of the molecule is COCC(=O)N1CCC2(CC1)CO[C@H](COCc1ccncc1)C2. The molecule has 2 aliphatic heterocycles. The molecule has 3 rings (SSSR count). The van der Waals surface area contributed by atoms with Gasteiger partial charge >= 0.3 is 0 Å². The molecule has 0 aromatic carbocycles. The van der Waals surface area contributed by atoms with E-state index in [2.05, 4.69) is 4.98 Å². The first kappa shape index (κ1) is 17.3. The summed E-state index contributed by atoms with van der Waals surface area (Å²) in [7, 11) is 1.56. The summed E-state index contributed by atoms with van der Waals surface area (Å²) in [5.74, 6) is 0.0866. The van der Waals surface area contributed by atoms with E-state index in [1.807, 2.05) is 17.0 Å². The zero-order valence-corrected chi connectivity index (χ0v) is 14.3. The van der Waals surface area contributed by atoms with E-state index in [1.165, 1.54) is 0 Å². The maximum Gasteiger partial charge on any atom is 0.248 e. The Morgan fingerprint density at radius 1 is 1.38 bits per heavy atom. The molecule has 1 amide bonds. The van der Waals surface area contributed by atoms with E-state index in [0.717, 1.165) is 44.5 Å². The maximum absolute atomic E-state index is 11.9. The number of carbonyl (C=O) groups excluding carboxylic acids is 1. The molecule has 6 nitrogen and oxygen atoms in total. The molecular weight excluding hydrogens is 308 g/mol. The molecule has 6 heteroatoms. The number of amides is 1. The summed E-state index contributed by atoms with van der Waals surface area (Å²) in [6, 6.07) is 3.92. The molecule has 1 spiro atoms. The van der Waals surface area contributed by atoms with Crippen molar-refractivity contribution in [1.82, 2.24) is 9.88 Å². The van der Waals surface area contributed by atoms with Gasteiger partial charge in [0.2, 0.25) is 5.91 Å². The Labute approximate surface area is 143 Å². The smallest absolute Gasteiger partial charge is 0.248 e. The predicted molar refractivity (Wildman–Crippen MR) is 88.4 cm³/mol. The number of hydrogen-bond donors (Lipinski definition) is 0. The highest BCUT2D eigenvalue weighted by Crippen LogP contribution is 2.42. The second kappa shape index (κ2) is 8.05. The van der Waals surface area contributed by atoms with Gasteiger partial charge in [-0.05, 0) is 42.4 Å². The van der Waals surface area contributed by atoms with Gasteiger partial charge < -0.3 is 19.1 Å². The highest BCUT2D eigenvalue weighted by Gasteiger charge is 2.43. The van der Waals surface area contributed by atoms with Gasteiger partial charge in [0.05, 0.1) is 25.9 Å². The van der Waals surface area contributed by atoms with Crippen molar-refractivity contribution in [3.05, 3.63) is 30.1 Å². The summed E-state index contributed by atoms with van der Waals surface area (Å²) in [5.41, 5.74) is 1.34. The quantitative estimate of drug-likeness (QED) is 0.791. The van der Waals surface area contributed by atoms with E-state index in [9.17, 15) is 4.79 Å². The van der Waals surface area contributed by atoms with E-state index >= 15 is 0 Å². The molecule has 1 atom stereocenters. The average Bonchev–Trinajstić information content (AvgIpc) is 2.99. The Hall–Kier alpha value is -1.50. The number of hydrogen-bond acceptors (Lipinski definition) is 5. The minimum absolute atomic E-state index is 0.0866. The van der Waals surface area contributed by atoms with Gasteiger partial charge in [0, 0.05) is 32.6 Å². The van der Waals surface area contributed by atoms with Crippen molar-refractivity contribution >= 4 is 5.91 Å². The molecule has 3 heterocycles. The first-order valence-electron chi connectivity index (χ1n) is 8.56. The molecule has 2 saturated heterocycles. The van der Waals surface area contributed by atoms with Gasteiger partial charge in [-0.15, -0.1) is 0 Å². The summed E-state index contributed by atoms with van der Waals surface area (Å²) < 4.78 is 16.7. The summed E-state index contributed by atoms with van der Waals surface area (Å²) in [5, 5.41) is 0. The van der Waals surface area contributed by atoms with Crippen molar-refractivity contribution in [2.45, 2.75) is 32.0 Å². The van der Waals surface area contributed by atoms with Gasteiger partial charge in [0.25, 0.3) is 0 Å². The van der Waals surface area contributed by atoms with Crippen LogP contribution >= 0.6 is 0 Å². The standard InChI is InChI=1S/C18H26N2O4/c1-22-13-17(21)20-8-4-18(5-9-20)10-16(24-14-18)12-23-11-15-2-6-19-7-3-15/h2-3,6-7,16H,4-5,8-14H2,1H3/t16-/m0/s1. The van der Waals surface area contributed by atoms with Crippen LogP contribution in [0, 0.1) is 5.41 Å². The second-order valence-electron chi connectivity index (χ2n) is 6.82. The van der Waals surface area contributed by atoms with E-state index in [4.69, 9.17) is 14.2 Å². The predicted octanol–water partition coefficient (Wildman–Crippen LogP) is 1.64. The number of likely N-dealkylation sites (tertiary alicyclic amines) is 1. The molecule has 0 radical (unpaired) electrons. The van der Waals surface area contributed by atoms with E-state index < -0.39 is 0 Å². The summed E-state index contributed by atoms with van der Waals surface area (Å²) in [6.45, 7) is 3.77. The Morgan fingerprint density at radius 3 is 2.83 bits per heavy atom. The molecule has 132 valence electrons. The fourth-order valence-electron chi connectivity index (χ4n) is 3.58. The number of ether oxygens (including phenoxy) is 3. The maximum atomic E-state index is 11.9. The first-order valence-corrected chi connectivity index (χ1v) is 8.56. The highest BCUT2D eigenvalue weighted by molar-refractivity contribution is 5.77. The van der Waals surface area contributed by atoms with Crippen molar-refractivity contribution in [2.75, 3.05) is 40.0 Å². The molecule has 0 saturated carbocycles. The number of rotatable bonds is 6. The Kier molecular flexibility index (Phi) is 5.81. The van der Waals surface area contributed by atoms with E-state index in [1.54, 1.807) is 19.5 Å². The average molecular weight is 334 g/mol. The number of methoxy groups -OCH3 is 1. The van der Waals surface area contributed by atoms with Crippen molar-refractivity contribution in [1.29, 1.82) is 0 Å². The lowest BCUT2D eigenvalue weighted by atomic mass is 9.76. The molecule has 1 aromatic heterocycles. The van der Waals surface area contributed by atoms with Gasteiger partial charge in [-0.1, -0.05) is 0 Å². The van der Waals surface area contributed by atoms with E-state index in [0.29, 0.717) is 13.2 Å². The number of piperidine rings is 1. The van der Waals surface area contributed by atoms with Crippen LogP contribution in [0.25, 0.3) is 0 Å². The highest BCUT2D eigenvalue weighted by atomic mass is 16.5. The zero-order chi connectivity index (χ0) is 16.8. The van der Waals surface area contributed by atoms with Crippen molar-refractivity contribution in [3.63, 3.8) is 0 Å². The molecule has 2 aliphatic rings. The fourth-order valence-corrected chi connectivity index (χ4v) is 3.58. The Balaban J connectivity index is 1.40. The minimum Gasteiger partial charge on any atom is -0.375 e. The normalized spacial score (nSPS) is 22.9. The van der Waals surface area contributed by atoms with Crippen molar-refractivity contribution in [2.24, 2.45) is 5.41 Å². The lowest BCUT2D eigenvalue weighted by Crippen LogP contribution is -2.44. The zero-order valence-electron chi connectivity index (χ0n) is 14.3. The third-order valence-electron chi connectivity index (χ3n) is 5.05. The molecule has 2 fully saturated rings. The lowest BCUT2D eigenvalue weighted by molar-refractivity contribution is -0.137. The van der Waals surface area contributed by atoms with Gasteiger partial charge in [-0.3, -0.25) is 9.78 Å². The first-order chi connectivity index (χ1) is 11.7. The summed E-state index contributed by atoms with van der Waals surface area (Å²) in [6.07, 6.45) is 6.74. The molecule has 0 N–H and O–H groups in total. The molecule has 24 heavy (non-hydrogen) atoms. The van der Waals surface area contributed by atoms with E-state index in [-0.39, 0.29) is 24.0 Å². The van der Waals surface area contributed by atoms with Gasteiger partial charge in [-0.2, -0.15) is 0 Å². The van der Waals surface area contributed by atoms with Crippen LogP contribution < -0.4 is 0 Å². The van der Waals surface area contributed by atoms with Crippen LogP contribution in [0.4, 0.5) is 0 Å². The van der Waals surface area contributed by atoms with Crippen LogP contribution in [0.3, 0.4) is 0 Å². The van der Waals surface area contributed by atoms with Crippen LogP contribution in [0.5, 0.6) is 0 Å². The number of nitrogens with zero attached hydrogens (tertiary/aromatic N) is 2. The van der Waals surface area contributed by atoms with Crippen LogP contribution in [-0.4, -0.2) is 61.9 Å². The summed E-state index contributed by atoms with van der Waals surface area (Å²) in [4.78, 5) is 17.8. The van der Waals surface area contributed by atoms with Gasteiger partial charge in [0.1, 0.15) is 6.61 Å². The van der Waals surface area contributed by atoms with Gasteiger partial charge in [-0.25, -0.2) is 0 Å². The molecule has 1 aromatic rings. The molecular formula is C18H26N2O4. The third kappa shape index (κ3) is 4.32. The molecule has 0 aliphatic carbocycles. The summed E-state index contributed by atoms with van der Waals surface area (Å²) >= 11 is 0. The van der Waals surface area contributed by atoms with Crippen molar-refractivity contribution in [3.8, 4) is 0 Å². The largest absolute Gasteiger partial charge is 0.375 e. The lowest BCUT2D eigenvalue weighted by Gasteiger charge is -2.38. The number of aromatic nitrogens is 1. The minimum atomic E-state index is 0.0866. The van der Waals surface area contributed by atoms with Gasteiger partial charge in [0.15, 0.2) is 0 Å².